The van der Waals surface area contributed by atoms with Crippen LogP contribution in [0.15, 0.2) is 42.5 Å². The first-order valence-corrected chi connectivity index (χ1v) is 9.85. The van der Waals surface area contributed by atoms with Crippen molar-refractivity contribution in [3.63, 3.8) is 0 Å². The molecule has 5 heteroatoms. The van der Waals surface area contributed by atoms with Gasteiger partial charge in [-0.3, -0.25) is 9.59 Å². The first-order valence-electron chi connectivity index (χ1n) is 9.85. The summed E-state index contributed by atoms with van der Waals surface area (Å²) in [4.78, 5) is 24.1. The third-order valence-corrected chi connectivity index (χ3v) is 5.08. The Balaban J connectivity index is 1.54. The van der Waals surface area contributed by atoms with E-state index in [1.807, 2.05) is 0 Å². The Kier molecular flexibility index (Phi) is 6.93. The number of hydrogen-bond donors (Lipinski definition) is 1. The van der Waals surface area contributed by atoms with Crippen molar-refractivity contribution in [2.24, 2.45) is 0 Å². The highest BCUT2D eigenvalue weighted by Gasteiger charge is 2.15. The van der Waals surface area contributed by atoms with Crippen molar-refractivity contribution < 1.29 is 18.7 Å². The molecule has 0 bridgehead atoms. The predicted octanol–water partition coefficient (Wildman–Crippen LogP) is 4.77. The number of carbonyl (C=O) groups excluding carboxylic acids is 2. The van der Waals surface area contributed by atoms with E-state index < -0.39 is 5.82 Å². The number of halogens is 1. The van der Waals surface area contributed by atoms with E-state index in [1.54, 1.807) is 24.3 Å². The van der Waals surface area contributed by atoms with E-state index in [-0.39, 0.29) is 11.7 Å². The summed E-state index contributed by atoms with van der Waals surface area (Å²) >= 11 is 0. The summed E-state index contributed by atoms with van der Waals surface area (Å²) in [6.07, 6.45) is 5.98. The van der Waals surface area contributed by atoms with E-state index >= 15 is 0 Å². The largest absolute Gasteiger partial charge is 0.378 e. The lowest BCUT2D eigenvalue weighted by Crippen LogP contribution is -2.25. The molecule has 0 aromatic heterocycles. The Hall–Kier alpha value is -2.53. The Morgan fingerprint density at radius 2 is 1.82 bits per heavy atom. The van der Waals surface area contributed by atoms with Gasteiger partial charge in [-0.15, -0.1) is 0 Å². The fourth-order valence-electron chi connectivity index (χ4n) is 3.54. The molecule has 1 fully saturated rings. The number of Topliss-reactive ketones (excluding diaryl/α,β-unsaturated/α-hetero) is 1. The molecule has 3 rings (SSSR count). The standard InChI is InChI=1S/C23H26FNO3/c1-16(26)21-12-11-19(24)15-22(21)17-7-9-18(10-8-17)23(27)25-13-4-14-28-20-5-2-3-6-20/h7-12,15,20H,2-6,13-14H2,1H3,(H,25,27). The molecule has 1 aliphatic carbocycles. The molecule has 148 valence electrons. The normalized spacial score (nSPS) is 14.2. The van der Waals surface area contributed by atoms with Crippen molar-refractivity contribution in [2.45, 2.75) is 45.1 Å². The molecule has 2 aromatic carbocycles. The van der Waals surface area contributed by atoms with Crippen LogP contribution in [0.1, 0.15) is 59.7 Å². The van der Waals surface area contributed by atoms with Gasteiger partial charge in [0.25, 0.3) is 5.91 Å². The Bertz CT molecular complexity index is 826. The first-order chi connectivity index (χ1) is 13.5. The minimum Gasteiger partial charge on any atom is -0.378 e. The van der Waals surface area contributed by atoms with E-state index in [4.69, 9.17) is 4.74 Å². The number of hydrogen-bond acceptors (Lipinski definition) is 3. The topological polar surface area (TPSA) is 55.4 Å². The smallest absolute Gasteiger partial charge is 0.251 e. The second kappa shape index (κ2) is 9.60. The molecule has 0 saturated heterocycles. The van der Waals surface area contributed by atoms with Crippen LogP contribution in [0.25, 0.3) is 11.1 Å². The van der Waals surface area contributed by atoms with Crippen LogP contribution in [0.3, 0.4) is 0 Å². The summed E-state index contributed by atoms with van der Waals surface area (Å²) in [5.41, 5.74) is 2.22. The fourth-order valence-corrected chi connectivity index (χ4v) is 3.54. The van der Waals surface area contributed by atoms with Crippen LogP contribution < -0.4 is 5.32 Å². The highest BCUT2D eigenvalue weighted by molar-refractivity contribution is 6.01. The number of benzene rings is 2. The first kappa shape index (κ1) is 20.2. The highest BCUT2D eigenvalue weighted by atomic mass is 19.1. The van der Waals surface area contributed by atoms with Crippen LogP contribution in [0.5, 0.6) is 0 Å². The van der Waals surface area contributed by atoms with Crippen molar-refractivity contribution in [2.75, 3.05) is 13.2 Å². The number of ketones is 1. The third kappa shape index (κ3) is 5.26. The maximum atomic E-state index is 13.6. The molecule has 4 nitrogen and oxygen atoms in total. The van der Waals surface area contributed by atoms with Gasteiger partial charge in [-0.05, 0) is 67.6 Å². The van der Waals surface area contributed by atoms with Crippen molar-refractivity contribution in [1.29, 1.82) is 0 Å². The molecule has 28 heavy (non-hydrogen) atoms. The summed E-state index contributed by atoms with van der Waals surface area (Å²) < 4.78 is 19.4. The van der Waals surface area contributed by atoms with Crippen LogP contribution in [0, 0.1) is 5.82 Å². The van der Waals surface area contributed by atoms with Crippen molar-refractivity contribution in [3.8, 4) is 11.1 Å². The van der Waals surface area contributed by atoms with Crippen molar-refractivity contribution >= 4 is 11.7 Å². The van der Waals surface area contributed by atoms with Crippen molar-refractivity contribution in [3.05, 3.63) is 59.4 Å². The molecule has 1 aliphatic rings. The Labute approximate surface area is 165 Å². The molecule has 1 N–H and O–H groups in total. The Morgan fingerprint density at radius 1 is 1.11 bits per heavy atom. The summed E-state index contributed by atoms with van der Waals surface area (Å²) in [5.74, 6) is -0.684. The summed E-state index contributed by atoms with van der Waals surface area (Å²) in [6, 6.07) is 11.0. The van der Waals surface area contributed by atoms with Gasteiger partial charge in [-0.1, -0.05) is 25.0 Å². The lowest BCUT2D eigenvalue weighted by molar-refractivity contribution is 0.0565. The van der Waals surface area contributed by atoms with E-state index in [1.165, 1.54) is 38.0 Å². The van der Waals surface area contributed by atoms with E-state index in [0.29, 0.717) is 41.5 Å². The number of nitrogens with one attached hydrogen (secondary N) is 1. The molecule has 1 amide bonds. The maximum Gasteiger partial charge on any atom is 0.251 e. The maximum absolute atomic E-state index is 13.6. The predicted molar refractivity (Wildman–Crippen MR) is 107 cm³/mol. The van der Waals surface area contributed by atoms with Gasteiger partial charge in [0.15, 0.2) is 5.78 Å². The molecule has 0 unspecified atom stereocenters. The minimum absolute atomic E-state index is 0.128. The van der Waals surface area contributed by atoms with Gasteiger partial charge in [0.05, 0.1) is 6.10 Å². The molecular formula is C23H26FNO3. The van der Waals surface area contributed by atoms with Crippen LogP contribution >= 0.6 is 0 Å². The van der Waals surface area contributed by atoms with Crippen LogP contribution in [-0.2, 0) is 4.74 Å². The van der Waals surface area contributed by atoms with Gasteiger partial charge in [0, 0.05) is 24.3 Å². The number of amides is 1. The lowest BCUT2D eigenvalue weighted by Gasteiger charge is -2.11. The van der Waals surface area contributed by atoms with Gasteiger partial charge in [-0.2, -0.15) is 0 Å². The van der Waals surface area contributed by atoms with Gasteiger partial charge < -0.3 is 10.1 Å². The molecule has 0 spiro atoms. The molecular weight excluding hydrogens is 357 g/mol. The van der Waals surface area contributed by atoms with Crippen LogP contribution in [0.4, 0.5) is 4.39 Å². The summed E-state index contributed by atoms with van der Waals surface area (Å²) in [5, 5.41) is 2.89. The quantitative estimate of drug-likeness (QED) is 0.527. The second-order valence-electron chi connectivity index (χ2n) is 7.21. The van der Waals surface area contributed by atoms with Gasteiger partial charge >= 0.3 is 0 Å². The SMILES string of the molecule is CC(=O)c1ccc(F)cc1-c1ccc(C(=O)NCCCOC2CCCC2)cc1. The molecule has 0 aliphatic heterocycles. The van der Waals surface area contributed by atoms with Gasteiger partial charge in [-0.25, -0.2) is 4.39 Å². The molecule has 2 aromatic rings. The number of ether oxygens (including phenoxy) is 1. The summed E-state index contributed by atoms with van der Waals surface area (Å²) in [7, 11) is 0. The molecule has 0 radical (unpaired) electrons. The monoisotopic (exact) mass is 383 g/mol. The average molecular weight is 383 g/mol. The molecule has 1 saturated carbocycles. The second-order valence-corrected chi connectivity index (χ2v) is 7.21. The van der Waals surface area contributed by atoms with Crippen LogP contribution in [0.2, 0.25) is 0 Å². The number of carbonyl (C=O) groups is 2. The third-order valence-electron chi connectivity index (χ3n) is 5.08. The van der Waals surface area contributed by atoms with Crippen LogP contribution in [-0.4, -0.2) is 30.9 Å². The Morgan fingerprint density at radius 3 is 2.50 bits per heavy atom. The van der Waals surface area contributed by atoms with E-state index in [0.717, 1.165) is 19.3 Å². The molecule has 0 atom stereocenters. The fraction of sp³-hybridized carbons (Fsp3) is 0.391. The van der Waals surface area contributed by atoms with E-state index in [9.17, 15) is 14.0 Å². The van der Waals surface area contributed by atoms with Gasteiger partial charge in [0.1, 0.15) is 5.82 Å². The average Bonchev–Trinajstić information content (AvgIpc) is 3.21. The zero-order valence-electron chi connectivity index (χ0n) is 16.2. The minimum atomic E-state index is -0.401. The zero-order valence-corrected chi connectivity index (χ0v) is 16.2. The highest BCUT2D eigenvalue weighted by Crippen LogP contribution is 2.26. The number of rotatable bonds is 8. The van der Waals surface area contributed by atoms with Crippen molar-refractivity contribution in [1.82, 2.24) is 5.32 Å². The summed E-state index contributed by atoms with van der Waals surface area (Å²) in [6.45, 7) is 2.68. The lowest BCUT2D eigenvalue weighted by atomic mass is 9.96. The van der Waals surface area contributed by atoms with Gasteiger partial charge in [0.2, 0.25) is 0 Å². The molecule has 0 heterocycles. The van der Waals surface area contributed by atoms with E-state index in [2.05, 4.69) is 5.32 Å². The zero-order chi connectivity index (χ0) is 19.9.